The number of nitrogens with one attached hydrogen (secondary N) is 1. The highest BCUT2D eigenvalue weighted by atomic mass is 79.9. The SMILES string of the molecule is C.CC1(C)CCN2CCC(C)(C)c3c(O)ccc1c32.CC1(C)CCN2CCC(C)(C)c3c2c1cc1c(-c2ccc(Br)cc2)c(C2=CSc4ccccc4N2)c(=O)oc31.CC1(C)CCN2CCC(C)(C)c3c2c1cc1c(-c2ccc(Br)cc2)c(C=O)c(=O)oc31.CC1(C)CCN2CCC(C)(C)c3c2c1cc1c(-c2ccc(Br)cc2)cc(=O)oc31.CCOC(=O)CC(=O)c1ccc(Br)cc1.Nc1ccccc1S. The molecule has 736 valence electrons. The van der Waals surface area contributed by atoms with E-state index in [0.29, 0.717) is 40.9 Å². The number of benzene rings is 10. The monoisotopic (exact) mass is 2180 g/mol. The number of nitrogens with two attached hydrogens (primary N) is 1. The number of fused-ring (bicyclic) bond motifs is 7. The molecule has 0 saturated heterocycles. The van der Waals surface area contributed by atoms with Gasteiger partial charge in [-0.15, -0.1) is 12.6 Å². The van der Waals surface area contributed by atoms with E-state index in [2.05, 4.69) is 277 Å². The van der Waals surface area contributed by atoms with Crippen LogP contribution in [0.15, 0.2) is 243 Å². The van der Waals surface area contributed by atoms with Crippen LogP contribution in [0, 0.1) is 0 Å². The van der Waals surface area contributed by atoms with Crippen molar-refractivity contribution in [2.45, 2.75) is 236 Å². The Morgan fingerprint density at radius 1 is 0.454 bits per heavy atom. The van der Waals surface area contributed by atoms with Gasteiger partial charge in [0.15, 0.2) is 12.1 Å². The van der Waals surface area contributed by atoms with Crippen LogP contribution in [0.3, 0.4) is 0 Å². The molecular weight excluding hydrogens is 2060 g/mol. The molecule has 13 aromatic rings. The summed E-state index contributed by atoms with van der Waals surface area (Å²) in [5.74, 6) is -0.229. The number of ether oxygens (including phenoxy) is 1. The number of hydrogen-bond acceptors (Lipinski definition) is 19. The van der Waals surface area contributed by atoms with Gasteiger partial charge in [0, 0.05) is 175 Å². The summed E-state index contributed by atoms with van der Waals surface area (Å²) in [5.41, 5.74) is 30.9. The zero-order valence-electron chi connectivity index (χ0n) is 83.0. The average molecular weight is 2190 g/mol. The fraction of sp³-hybridized carbons (Fsp3) is 0.373. The van der Waals surface area contributed by atoms with E-state index in [-0.39, 0.29) is 79.8 Å². The zero-order chi connectivity index (χ0) is 100. The van der Waals surface area contributed by atoms with Gasteiger partial charge in [-0.05, 0) is 243 Å². The van der Waals surface area contributed by atoms with E-state index in [1.807, 2.05) is 96.4 Å². The standard InChI is InChI=1S/C33H31BrN2O2S.C26H26BrNO3.C25H26BrNO2.C16H23NO.C11H11BrO3.C6H7NS.CH4/c1-32(2)13-15-36-16-14-33(3,4)28-29(36)22(32)17-21-26(19-9-11-20(34)12-10-19)27(31(37)38-30(21)28)24-18-39-25-8-6-5-7-23(25)35-24;1-25(2)9-11-28-12-10-26(3,4)21-22(28)19(25)13-17-20(15-5-7-16(27)8-6-15)18(14-29)24(30)31-23(17)21;1-24(2)9-11-27-12-10-25(3,4)21-22(27)19(24)13-18-17(14-20(28)29-23(18)21)15-5-7-16(26)8-6-15;1-15(2)7-9-17-10-8-16(3,4)13-12(18)6-5-11(15)14(13)17;1-2-15-11(14)7-10(13)8-3-5-9(12)6-4-8;7-5-3-1-2-4-6(5)8;/h5-12,17-18,35H,13-16H2,1-4H3;5-8,13-14H,9-12H2,1-4H3;5-8,13-14H,9-12H2,1-4H3;5-6,18H,7-10H2,1-4H3;3-6H,2,7H2,1H3;1-4,8H,7H2;1H4. The largest absolute Gasteiger partial charge is 0.508 e. The molecule has 0 spiro atoms. The third-order valence-corrected chi connectivity index (χ3v) is 33.9. The Balaban J connectivity index is 0.000000128. The number of thioether (sulfide) groups is 1. The molecule has 10 aromatic carbocycles. The predicted molar refractivity (Wildman–Crippen MR) is 599 cm³/mol. The third kappa shape index (κ3) is 20.3. The smallest absolute Gasteiger partial charge is 0.347 e. The van der Waals surface area contributed by atoms with E-state index in [1.165, 1.54) is 68.1 Å². The van der Waals surface area contributed by atoms with Crippen molar-refractivity contribution in [1.29, 1.82) is 0 Å². The summed E-state index contributed by atoms with van der Waals surface area (Å²) in [6.45, 7) is 47.2. The Hall–Kier alpha value is -10.4. The first kappa shape index (κ1) is 103. The molecule has 0 bridgehead atoms. The Labute approximate surface area is 871 Å². The molecule has 4 N–H and O–H groups in total. The number of ketones is 1. The average Bonchev–Trinajstić information content (AvgIpc) is 0.644. The Morgan fingerprint density at radius 3 is 1.28 bits per heavy atom. The quantitative estimate of drug-likeness (QED) is 0.0201. The van der Waals surface area contributed by atoms with Gasteiger partial charge in [0.1, 0.15) is 34.5 Å². The summed E-state index contributed by atoms with van der Waals surface area (Å²) >= 11 is 19.6. The molecule has 17 nitrogen and oxygen atoms in total. The summed E-state index contributed by atoms with van der Waals surface area (Å²) in [6, 6.07) is 59.2. The number of carbonyl (C=O) groups excluding carboxylic acids is 3. The molecule has 0 radical (unpaired) electrons. The van der Waals surface area contributed by atoms with Gasteiger partial charge in [0.2, 0.25) is 0 Å². The molecular formula is C118H128Br4N6O11S2. The summed E-state index contributed by atoms with van der Waals surface area (Å²) in [5, 5.41) is 18.8. The minimum absolute atomic E-state index is 0. The first-order valence-corrected chi connectivity index (χ1v) is 53.1. The highest BCUT2D eigenvalue weighted by molar-refractivity contribution is 9.11. The molecule has 0 atom stereocenters. The van der Waals surface area contributed by atoms with Gasteiger partial charge in [-0.1, -0.05) is 273 Å². The second-order valence-electron chi connectivity index (χ2n) is 43.6. The van der Waals surface area contributed by atoms with Crippen molar-refractivity contribution in [3.05, 3.63) is 298 Å². The fourth-order valence-electron chi connectivity index (χ4n) is 21.9. The van der Waals surface area contributed by atoms with Gasteiger partial charge in [-0.2, -0.15) is 0 Å². The van der Waals surface area contributed by atoms with Crippen LogP contribution in [0.1, 0.15) is 254 Å². The van der Waals surface area contributed by atoms with E-state index in [0.717, 1.165) is 203 Å². The maximum Gasteiger partial charge on any atom is 0.347 e. The number of phenols is 1. The number of rotatable bonds is 9. The molecule has 0 amide bonds. The molecule has 23 heteroatoms. The van der Waals surface area contributed by atoms with E-state index in [4.69, 9.17) is 19.0 Å². The van der Waals surface area contributed by atoms with Gasteiger partial charge >= 0.3 is 22.8 Å². The van der Waals surface area contributed by atoms with Crippen molar-refractivity contribution in [1.82, 2.24) is 0 Å². The van der Waals surface area contributed by atoms with Crippen molar-refractivity contribution in [3.63, 3.8) is 0 Å². The molecule has 22 rings (SSSR count). The summed E-state index contributed by atoms with van der Waals surface area (Å²) in [6.07, 6.45) is 9.14. The molecule has 0 unspecified atom stereocenters. The lowest BCUT2D eigenvalue weighted by molar-refractivity contribution is -0.142. The van der Waals surface area contributed by atoms with Gasteiger partial charge in [0.25, 0.3) is 0 Å². The number of halogens is 4. The Morgan fingerprint density at radius 2 is 0.837 bits per heavy atom. The number of esters is 1. The molecule has 3 aromatic heterocycles. The Bertz CT molecular complexity index is 7290. The number of carbonyl (C=O) groups is 3. The van der Waals surface area contributed by atoms with Crippen LogP contribution >= 0.6 is 88.1 Å². The number of para-hydroxylation sites is 2. The lowest BCUT2D eigenvalue weighted by Gasteiger charge is -2.48. The van der Waals surface area contributed by atoms with E-state index in [9.17, 15) is 33.9 Å². The molecule has 12 heterocycles. The minimum Gasteiger partial charge on any atom is -0.508 e. The van der Waals surface area contributed by atoms with E-state index < -0.39 is 11.6 Å². The highest BCUT2D eigenvalue weighted by Crippen LogP contribution is 2.59. The number of hydrogen-bond donors (Lipinski definition) is 4. The summed E-state index contributed by atoms with van der Waals surface area (Å²) < 4.78 is 26.8. The van der Waals surface area contributed by atoms with Crippen LogP contribution in [-0.4, -0.2) is 82.1 Å². The molecule has 141 heavy (non-hydrogen) atoms. The maximum atomic E-state index is 14.1. The molecule has 0 aliphatic carbocycles. The molecule has 9 aliphatic rings. The lowest BCUT2D eigenvalue weighted by Crippen LogP contribution is -2.44. The molecule has 0 fully saturated rings. The number of aldehydes is 1. The number of aromatic hydroxyl groups is 1. The van der Waals surface area contributed by atoms with E-state index >= 15 is 0 Å². The van der Waals surface area contributed by atoms with Gasteiger partial charge in [-0.25, -0.2) is 14.4 Å². The van der Waals surface area contributed by atoms with Gasteiger partial charge in [0.05, 0.1) is 23.6 Å². The van der Waals surface area contributed by atoms with Crippen molar-refractivity contribution >= 4 is 179 Å². The fourth-order valence-corrected chi connectivity index (χ4v) is 24.0. The number of phenolic OH excluding ortho intramolecular Hbond substituents is 1. The first-order valence-electron chi connectivity index (χ1n) is 48.6. The third-order valence-electron chi connectivity index (χ3n) is 30.5. The second kappa shape index (κ2) is 40.0. The van der Waals surface area contributed by atoms with Crippen molar-refractivity contribution in [3.8, 4) is 39.1 Å². The van der Waals surface area contributed by atoms with Gasteiger partial charge in [-0.3, -0.25) is 14.4 Å². The predicted octanol–water partition coefficient (Wildman–Crippen LogP) is 29.8. The van der Waals surface area contributed by atoms with Crippen LogP contribution in [0.4, 0.5) is 34.1 Å². The van der Waals surface area contributed by atoms with E-state index in [1.54, 1.807) is 49.0 Å². The molecule has 9 aliphatic heterocycles. The van der Waals surface area contributed by atoms with Crippen LogP contribution in [0.5, 0.6) is 5.75 Å². The topological polar surface area (TPSA) is 222 Å². The summed E-state index contributed by atoms with van der Waals surface area (Å²) in [4.78, 5) is 86.2. The molecule has 0 saturated carbocycles. The maximum absolute atomic E-state index is 14.1. The van der Waals surface area contributed by atoms with Crippen molar-refractivity contribution in [2.75, 3.05) is 89.6 Å². The number of thiol groups is 1. The van der Waals surface area contributed by atoms with Gasteiger partial charge < -0.3 is 53.7 Å². The zero-order valence-corrected chi connectivity index (χ0v) is 91.0. The van der Waals surface area contributed by atoms with Crippen LogP contribution in [0.2, 0.25) is 0 Å². The number of nitrogen functional groups attached to an aromatic ring is 1. The Kier molecular flexibility index (Phi) is 29.3. The van der Waals surface area contributed by atoms with Crippen molar-refractivity contribution < 1.29 is 37.5 Å². The van der Waals surface area contributed by atoms with Crippen LogP contribution in [0.25, 0.3) is 72.0 Å². The van der Waals surface area contributed by atoms with Crippen LogP contribution < -0.4 is 47.5 Å². The minimum atomic E-state index is -0.570. The summed E-state index contributed by atoms with van der Waals surface area (Å²) in [7, 11) is 0. The first-order chi connectivity index (χ1) is 66.2. The van der Waals surface area contributed by atoms with Crippen LogP contribution in [-0.2, 0) is 52.9 Å². The number of nitrogens with zero attached hydrogens (tertiary/aromatic N) is 4. The number of Topliss-reactive ketones (excluding diaryl/α,β-unsaturated/α-hetero) is 1. The normalized spacial score (nSPS) is 17.8. The second-order valence-corrected chi connectivity index (χ2v) is 48.7. The van der Waals surface area contributed by atoms with Crippen molar-refractivity contribution in [2.24, 2.45) is 0 Å². The highest BCUT2D eigenvalue weighted by Gasteiger charge is 2.48. The number of anilines is 6. The lowest BCUT2D eigenvalue weighted by atomic mass is 9.68.